The van der Waals surface area contributed by atoms with Crippen molar-refractivity contribution in [2.45, 2.75) is 44.1 Å². The molecule has 0 unspecified atom stereocenters. The second-order valence-corrected chi connectivity index (χ2v) is 8.29. The molecule has 0 bridgehead atoms. The summed E-state index contributed by atoms with van der Waals surface area (Å²) in [4.78, 5) is 27.0. The van der Waals surface area contributed by atoms with Crippen LogP contribution in [0.5, 0.6) is 0 Å². The van der Waals surface area contributed by atoms with Gasteiger partial charge in [0, 0.05) is 31.0 Å². The van der Waals surface area contributed by atoms with E-state index in [1.54, 1.807) is 0 Å². The van der Waals surface area contributed by atoms with Gasteiger partial charge in [-0.25, -0.2) is 0 Å². The molecule has 1 saturated heterocycles. The van der Waals surface area contributed by atoms with E-state index in [0.29, 0.717) is 32.0 Å². The van der Waals surface area contributed by atoms with Gasteiger partial charge in [0.2, 0.25) is 11.8 Å². The van der Waals surface area contributed by atoms with Crippen LogP contribution in [0, 0.1) is 5.92 Å². The van der Waals surface area contributed by atoms with Gasteiger partial charge in [-0.1, -0.05) is 60.7 Å². The number of hydrogen-bond donors (Lipinski definition) is 1. The summed E-state index contributed by atoms with van der Waals surface area (Å²) in [5.41, 5.74) is 2.05. The van der Waals surface area contributed by atoms with Crippen LogP contribution < -0.4 is 5.32 Å². The van der Waals surface area contributed by atoms with Crippen LogP contribution in [-0.2, 0) is 15.0 Å². The van der Waals surface area contributed by atoms with E-state index < -0.39 is 0 Å². The number of likely N-dealkylation sites (tertiary alicyclic amines) is 1. The van der Waals surface area contributed by atoms with Crippen molar-refractivity contribution in [1.82, 2.24) is 10.2 Å². The Morgan fingerprint density at radius 3 is 2.11 bits per heavy atom. The Hall–Kier alpha value is -2.62. The molecule has 28 heavy (non-hydrogen) atoms. The zero-order chi connectivity index (χ0) is 19.6. The van der Waals surface area contributed by atoms with Gasteiger partial charge in [-0.05, 0) is 37.3 Å². The standard InChI is InChI=1S/C24H28N2O2/c1-24(19-8-4-2-5-9-19,20-10-6-3-7-11-20)17-25-23(28)18-12-15-22(27)26(16-18)21-13-14-21/h2-11,18,21H,12-17H2,1H3,(H,25,28)/t18-/m1/s1. The third-order valence-corrected chi connectivity index (χ3v) is 6.24. The first kappa shape index (κ1) is 18.7. The van der Waals surface area contributed by atoms with Crippen molar-refractivity contribution in [2.24, 2.45) is 5.92 Å². The minimum atomic E-state index is -0.307. The van der Waals surface area contributed by atoms with Crippen LogP contribution in [0.3, 0.4) is 0 Å². The molecule has 146 valence electrons. The highest BCUT2D eigenvalue weighted by atomic mass is 16.2. The van der Waals surface area contributed by atoms with E-state index >= 15 is 0 Å². The lowest BCUT2D eigenvalue weighted by Gasteiger charge is -2.34. The topological polar surface area (TPSA) is 49.4 Å². The molecular formula is C24H28N2O2. The minimum Gasteiger partial charge on any atom is -0.355 e. The van der Waals surface area contributed by atoms with Crippen molar-refractivity contribution in [2.75, 3.05) is 13.1 Å². The number of hydrogen-bond acceptors (Lipinski definition) is 2. The van der Waals surface area contributed by atoms with Crippen LogP contribution in [-0.4, -0.2) is 35.8 Å². The lowest BCUT2D eigenvalue weighted by atomic mass is 9.76. The molecule has 1 heterocycles. The Morgan fingerprint density at radius 2 is 1.57 bits per heavy atom. The SMILES string of the molecule is CC(CNC(=O)[C@@H]1CCC(=O)N(C2CC2)C1)(c1ccccc1)c1ccccc1. The van der Waals surface area contributed by atoms with E-state index in [2.05, 4.69) is 36.5 Å². The van der Waals surface area contributed by atoms with E-state index in [1.807, 2.05) is 41.3 Å². The van der Waals surface area contributed by atoms with E-state index in [1.165, 1.54) is 11.1 Å². The highest BCUT2D eigenvalue weighted by molar-refractivity contribution is 5.84. The summed E-state index contributed by atoms with van der Waals surface area (Å²) in [7, 11) is 0. The van der Waals surface area contributed by atoms with Gasteiger partial charge in [0.1, 0.15) is 0 Å². The fourth-order valence-electron chi connectivity index (χ4n) is 4.22. The third-order valence-electron chi connectivity index (χ3n) is 6.24. The molecule has 4 rings (SSSR count). The normalized spacial score (nSPS) is 20.1. The van der Waals surface area contributed by atoms with Gasteiger partial charge in [-0.15, -0.1) is 0 Å². The lowest BCUT2D eigenvalue weighted by Crippen LogP contribution is -2.48. The molecule has 2 fully saturated rings. The average molecular weight is 376 g/mol. The predicted octanol–water partition coefficient (Wildman–Crippen LogP) is 3.51. The van der Waals surface area contributed by atoms with Crippen molar-refractivity contribution >= 4 is 11.8 Å². The second-order valence-electron chi connectivity index (χ2n) is 8.29. The fraction of sp³-hybridized carbons (Fsp3) is 0.417. The van der Waals surface area contributed by atoms with E-state index in [9.17, 15) is 9.59 Å². The van der Waals surface area contributed by atoms with Gasteiger partial charge in [0.15, 0.2) is 0 Å². The van der Waals surface area contributed by atoms with Crippen LogP contribution in [0.15, 0.2) is 60.7 Å². The summed E-state index contributed by atoms with van der Waals surface area (Å²) in [5, 5.41) is 3.21. The fourth-order valence-corrected chi connectivity index (χ4v) is 4.22. The highest BCUT2D eigenvalue weighted by Gasteiger charge is 2.39. The molecule has 0 aromatic heterocycles. The maximum atomic E-state index is 13.0. The van der Waals surface area contributed by atoms with E-state index in [0.717, 1.165) is 12.8 Å². The first-order valence-corrected chi connectivity index (χ1v) is 10.3. The summed E-state index contributed by atoms with van der Waals surface area (Å²) in [6, 6.07) is 21.0. The number of carbonyl (C=O) groups is 2. The molecule has 2 amide bonds. The second kappa shape index (κ2) is 7.78. The summed E-state index contributed by atoms with van der Waals surface area (Å²) in [5.74, 6) is 0.176. The number of nitrogens with zero attached hydrogens (tertiary/aromatic N) is 1. The van der Waals surface area contributed by atoms with Crippen LogP contribution in [0.1, 0.15) is 43.7 Å². The van der Waals surface area contributed by atoms with Crippen LogP contribution in [0.2, 0.25) is 0 Å². The van der Waals surface area contributed by atoms with Crippen molar-refractivity contribution in [3.05, 3.63) is 71.8 Å². The summed E-state index contributed by atoms with van der Waals surface area (Å²) >= 11 is 0. The maximum Gasteiger partial charge on any atom is 0.224 e. The predicted molar refractivity (Wildman–Crippen MR) is 110 cm³/mol. The van der Waals surface area contributed by atoms with Gasteiger partial charge in [-0.3, -0.25) is 9.59 Å². The van der Waals surface area contributed by atoms with Crippen LogP contribution in [0.4, 0.5) is 0 Å². The van der Waals surface area contributed by atoms with Gasteiger partial charge >= 0.3 is 0 Å². The summed E-state index contributed by atoms with van der Waals surface area (Å²) in [6.45, 7) is 3.29. The summed E-state index contributed by atoms with van der Waals surface area (Å²) < 4.78 is 0. The van der Waals surface area contributed by atoms with Gasteiger partial charge in [0.25, 0.3) is 0 Å². The minimum absolute atomic E-state index is 0.0660. The third kappa shape index (κ3) is 3.82. The van der Waals surface area contributed by atoms with Crippen molar-refractivity contribution in [3.8, 4) is 0 Å². The number of piperidine rings is 1. The first-order valence-electron chi connectivity index (χ1n) is 10.3. The molecule has 1 saturated carbocycles. The monoisotopic (exact) mass is 376 g/mol. The maximum absolute atomic E-state index is 13.0. The Labute approximate surface area is 166 Å². The van der Waals surface area contributed by atoms with Gasteiger partial charge in [-0.2, -0.15) is 0 Å². The molecule has 2 aliphatic rings. The molecule has 0 spiro atoms. The molecule has 1 atom stereocenters. The largest absolute Gasteiger partial charge is 0.355 e. The van der Waals surface area contributed by atoms with Crippen molar-refractivity contribution in [1.29, 1.82) is 0 Å². The number of benzene rings is 2. The van der Waals surface area contributed by atoms with Crippen LogP contribution in [0.25, 0.3) is 0 Å². The van der Waals surface area contributed by atoms with Gasteiger partial charge in [0.05, 0.1) is 5.92 Å². The molecule has 1 aliphatic carbocycles. The zero-order valence-corrected chi connectivity index (χ0v) is 16.4. The Bertz CT molecular complexity index is 791. The highest BCUT2D eigenvalue weighted by Crippen LogP contribution is 2.33. The average Bonchev–Trinajstić information content (AvgIpc) is 3.58. The van der Waals surface area contributed by atoms with Gasteiger partial charge < -0.3 is 10.2 Å². The first-order chi connectivity index (χ1) is 13.6. The molecule has 1 N–H and O–H groups in total. The van der Waals surface area contributed by atoms with Crippen LogP contribution >= 0.6 is 0 Å². The molecule has 4 nitrogen and oxygen atoms in total. The molecule has 1 aliphatic heterocycles. The lowest BCUT2D eigenvalue weighted by molar-refractivity contribution is -0.138. The molecule has 4 heteroatoms. The van der Waals surface area contributed by atoms with Crippen molar-refractivity contribution < 1.29 is 9.59 Å². The van der Waals surface area contributed by atoms with E-state index in [4.69, 9.17) is 0 Å². The Balaban J connectivity index is 1.49. The molecular weight excluding hydrogens is 348 g/mol. The number of nitrogens with one attached hydrogen (secondary N) is 1. The zero-order valence-electron chi connectivity index (χ0n) is 16.4. The molecule has 2 aromatic rings. The number of rotatable bonds is 6. The number of amides is 2. The Morgan fingerprint density at radius 1 is 1.00 bits per heavy atom. The summed E-state index contributed by atoms with van der Waals surface area (Å²) in [6.07, 6.45) is 3.31. The smallest absolute Gasteiger partial charge is 0.224 e. The number of carbonyl (C=O) groups excluding carboxylic acids is 2. The Kier molecular flexibility index (Phi) is 5.21. The quantitative estimate of drug-likeness (QED) is 0.839. The van der Waals surface area contributed by atoms with E-state index in [-0.39, 0.29) is 23.1 Å². The van der Waals surface area contributed by atoms with Crippen molar-refractivity contribution in [3.63, 3.8) is 0 Å². The molecule has 0 radical (unpaired) electrons. The molecule has 2 aromatic carbocycles.